The minimum absolute atomic E-state index is 0.787. The molecule has 0 amide bonds. The zero-order valence-corrected chi connectivity index (χ0v) is 8.55. The Morgan fingerprint density at radius 3 is 2.15 bits per heavy atom. The van der Waals surface area contributed by atoms with E-state index in [1.54, 1.807) is 0 Å². The second-order valence-corrected chi connectivity index (χ2v) is 3.50. The molecule has 0 unspecified atom stereocenters. The summed E-state index contributed by atoms with van der Waals surface area (Å²) in [6, 6.07) is 3.93. The third kappa shape index (κ3) is 2.18. The van der Waals surface area contributed by atoms with E-state index in [-0.39, 0.29) is 0 Å². The molecule has 0 saturated carbocycles. The molecule has 0 atom stereocenters. The highest BCUT2D eigenvalue weighted by atomic mass is 16.1. The maximum absolute atomic E-state index is 10.6. The van der Waals surface area contributed by atoms with E-state index in [9.17, 15) is 4.79 Å². The van der Waals surface area contributed by atoms with Crippen LogP contribution < -0.4 is 0 Å². The molecule has 0 heterocycles. The fourth-order valence-electron chi connectivity index (χ4n) is 1.74. The van der Waals surface area contributed by atoms with Crippen LogP contribution in [0.5, 0.6) is 0 Å². The number of hydrogen-bond acceptors (Lipinski definition) is 1. The number of carbonyl (C=O) groups is 1. The fraction of sp³-hybridized carbons (Fsp3) is 0.417. The average molecular weight is 176 g/mol. The molecule has 0 N–H and O–H groups in total. The average Bonchev–Trinajstić information content (AvgIpc) is 2.11. The summed E-state index contributed by atoms with van der Waals surface area (Å²) in [7, 11) is 0. The molecule has 0 radical (unpaired) electrons. The van der Waals surface area contributed by atoms with Crippen LogP contribution in [0.3, 0.4) is 0 Å². The van der Waals surface area contributed by atoms with E-state index in [0.29, 0.717) is 0 Å². The van der Waals surface area contributed by atoms with Crippen LogP contribution in [-0.4, -0.2) is 6.29 Å². The van der Waals surface area contributed by atoms with Crippen molar-refractivity contribution >= 4 is 6.29 Å². The molecule has 0 fully saturated rings. The van der Waals surface area contributed by atoms with E-state index in [1.807, 2.05) is 12.1 Å². The molecule has 0 spiro atoms. The number of carbonyl (C=O) groups excluding carboxylic acids is 1. The summed E-state index contributed by atoms with van der Waals surface area (Å²) in [5, 5.41) is 0. The molecule has 0 aliphatic rings. The van der Waals surface area contributed by atoms with Gasteiger partial charge in [-0.1, -0.05) is 13.3 Å². The summed E-state index contributed by atoms with van der Waals surface area (Å²) in [6.07, 6.45) is 3.18. The number of rotatable bonds is 3. The number of hydrogen-bond donors (Lipinski definition) is 0. The standard InChI is InChI=1S/C12H16O/c1-4-5-12-9(2)6-11(8-13)7-10(12)3/h6-8H,4-5H2,1-3H3. The molecule has 1 aromatic carbocycles. The molecule has 0 aliphatic heterocycles. The van der Waals surface area contributed by atoms with Crippen molar-refractivity contribution in [1.29, 1.82) is 0 Å². The van der Waals surface area contributed by atoms with Crippen molar-refractivity contribution in [2.24, 2.45) is 0 Å². The Bertz CT molecular complexity index is 290. The molecule has 0 saturated heterocycles. The predicted octanol–water partition coefficient (Wildman–Crippen LogP) is 3.07. The SMILES string of the molecule is CCCc1c(C)cc(C=O)cc1C. The highest BCUT2D eigenvalue weighted by Crippen LogP contribution is 2.17. The summed E-state index contributed by atoms with van der Waals surface area (Å²) in [5.41, 5.74) is 4.66. The zero-order chi connectivity index (χ0) is 9.84. The zero-order valence-electron chi connectivity index (χ0n) is 8.55. The van der Waals surface area contributed by atoms with Gasteiger partial charge in [-0.05, 0) is 49.1 Å². The molecule has 0 aromatic heterocycles. The molecule has 13 heavy (non-hydrogen) atoms. The summed E-state index contributed by atoms with van der Waals surface area (Å²) >= 11 is 0. The normalized spacial score (nSPS) is 10.1. The molecule has 1 heteroatoms. The van der Waals surface area contributed by atoms with Gasteiger partial charge in [0.25, 0.3) is 0 Å². The Hall–Kier alpha value is -1.11. The summed E-state index contributed by atoms with van der Waals surface area (Å²) in [5.74, 6) is 0. The van der Waals surface area contributed by atoms with E-state index in [2.05, 4.69) is 20.8 Å². The van der Waals surface area contributed by atoms with Crippen molar-refractivity contribution in [3.63, 3.8) is 0 Å². The largest absolute Gasteiger partial charge is 0.298 e. The van der Waals surface area contributed by atoms with Crippen molar-refractivity contribution in [3.8, 4) is 0 Å². The Kier molecular flexibility index (Phi) is 3.24. The van der Waals surface area contributed by atoms with E-state index in [4.69, 9.17) is 0 Å². The quantitative estimate of drug-likeness (QED) is 0.647. The maximum atomic E-state index is 10.6. The maximum Gasteiger partial charge on any atom is 0.150 e. The first-order chi connectivity index (χ1) is 6.19. The monoisotopic (exact) mass is 176 g/mol. The van der Waals surface area contributed by atoms with Crippen molar-refractivity contribution in [2.45, 2.75) is 33.6 Å². The third-order valence-corrected chi connectivity index (χ3v) is 2.35. The van der Waals surface area contributed by atoms with Crippen LogP contribution in [0.15, 0.2) is 12.1 Å². The lowest BCUT2D eigenvalue weighted by Gasteiger charge is -2.09. The van der Waals surface area contributed by atoms with Crippen LogP contribution in [0.1, 0.15) is 40.4 Å². The van der Waals surface area contributed by atoms with E-state index < -0.39 is 0 Å². The first-order valence-corrected chi connectivity index (χ1v) is 4.74. The first kappa shape index (κ1) is 9.97. The van der Waals surface area contributed by atoms with Gasteiger partial charge in [-0.2, -0.15) is 0 Å². The second-order valence-electron chi connectivity index (χ2n) is 3.50. The topological polar surface area (TPSA) is 17.1 Å². The van der Waals surface area contributed by atoms with Crippen LogP contribution in [-0.2, 0) is 6.42 Å². The van der Waals surface area contributed by atoms with Gasteiger partial charge in [-0.3, -0.25) is 4.79 Å². The van der Waals surface area contributed by atoms with Crippen LogP contribution >= 0.6 is 0 Å². The van der Waals surface area contributed by atoms with Crippen LogP contribution in [0.25, 0.3) is 0 Å². The van der Waals surface area contributed by atoms with Crippen molar-refractivity contribution in [1.82, 2.24) is 0 Å². The van der Waals surface area contributed by atoms with Gasteiger partial charge in [-0.25, -0.2) is 0 Å². The minimum Gasteiger partial charge on any atom is -0.298 e. The molecular weight excluding hydrogens is 160 g/mol. The molecule has 0 bridgehead atoms. The molecular formula is C12H16O. The van der Waals surface area contributed by atoms with Gasteiger partial charge < -0.3 is 0 Å². The summed E-state index contributed by atoms with van der Waals surface area (Å²) in [6.45, 7) is 6.32. The third-order valence-electron chi connectivity index (χ3n) is 2.35. The second kappa shape index (κ2) is 4.22. The van der Waals surface area contributed by atoms with Crippen LogP contribution in [0.4, 0.5) is 0 Å². The Labute approximate surface area is 79.8 Å². The van der Waals surface area contributed by atoms with Gasteiger partial charge >= 0.3 is 0 Å². The molecule has 70 valence electrons. The lowest BCUT2D eigenvalue weighted by atomic mass is 9.96. The number of benzene rings is 1. The van der Waals surface area contributed by atoms with Gasteiger partial charge in [0.05, 0.1) is 0 Å². The van der Waals surface area contributed by atoms with E-state index in [1.165, 1.54) is 16.7 Å². The van der Waals surface area contributed by atoms with Crippen molar-refractivity contribution in [2.75, 3.05) is 0 Å². The Morgan fingerprint density at radius 2 is 1.77 bits per heavy atom. The summed E-state index contributed by atoms with van der Waals surface area (Å²) in [4.78, 5) is 10.6. The smallest absolute Gasteiger partial charge is 0.150 e. The van der Waals surface area contributed by atoms with E-state index >= 15 is 0 Å². The van der Waals surface area contributed by atoms with Gasteiger partial charge in [0, 0.05) is 5.56 Å². The molecule has 1 nitrogen and oxygen atoms in total. The highest BCUT2D eigenvalue weighted by Gasteiger charge is 2.03. The Morgan fingerprint density at radius 1 is 1.23 bits per heavy atom. The lowest BCUT2D eigenvalue weighted by molar-refractivity contribution is 0.112. The molecule has 1 rings (SSSR count). The van der Waals surface area contributed by atoms with E-state index in [0.717, 1.165) is 24.7 Å². The lowest BCUT2D eigenvalue weighted by Crippen LogP contribution is -1.95. The molecule has 0 aliphatic carbocycles. The number of aryl methyl sites for hydroxylation is 2. The minimum atomic E-state index is 0.787. The number of aldehydes is 1. The van der Waals surface area contributed by atoms with Crippen LogP contribution in [0, 0.1) is 13.8 Å². The van der Waals surface area contributed by atoms with Crippen LogP contribution in [0.2, 0.25) is 0 Å². The van der Waals surface area contributed by atoms with Gasteiger partial charge in [0.1, 0.15) is 6.29 Å². The Balaban J connectivity index is 3.14. The van der Waals surface area contributed by atoms with Gasteiger partial charge in [0.2, 0.25) is 0 Å². The highest BCUT2D eigenvalue weighted by molar-refractivity contribution is 5.76. The van der Waals surface area contributed by atoms with Crippen molar-refractivity contribution in [3.05, 3.63) is 34.4 Å². The molecule has 1 aromatic rings. The summed E-state index contributed by atoms with van der Waals surface area (Å²) < 4.78 is 0. The van der Waals surface area contributed by atoms with Gasteiger partial charge in [0.15, 0.2) is 0 Å². The van der Waals surface area contributed by atoms with Crippen molar-refractivity contribution < 1.29 is 4.79 Å². The van der Waals surface area contributed by atoms with Gasteiger partial charge in [-0.15, -0.1) is 0 Å². The predicted molar refractivity (Wildman–Crippen MR) is 55.3 cm³/mol. The first-order valence-electron chi connectivity index (χ1n) is 4.74. The fourth-order valence-corrected chi connectivity index (χ4v) is 1.74.